The van der Waals surface area contributed by atoms with E-state index in [1.165, 1.54) is 6.20 Å². The molecular weight excluding hydrogens is 232 g/mol. The second-order valence-corrected chi connectivity index (χ2v) is 2.96. The van der Waals surface area contributed by atoms with Gasteiger partial charge in [0.25, 0.3) is 0 Å². The molecule has 0 fully saturated rings. The highest BCUT2D eigenvalue weighted by atomic mass is 79.9. The molecule has 66 valence electrons. The average molecular weight is 238 g/mol. The van der Waals surface area contributed by atoms with Crippen LogP contribution in [0.25, 0.3) is 0 Å². The SMILES string of the molecule is Cc1c(Br)ccnc1OC(F)F. The molecule has 0 radical (unpaired) electrons. The summed E-state index contributed by atoms with van der Waals surface area (Å²) in [6.45, 7) is -1.18. The first kappa shape index (κ1) is 9.38. The molecule has 0 unspecified atom stereocenters. The van der Waals surface area contributed by atoms with Crippen molar-refractivity contribution in [1.29, 1.82) is 0 Å². The summed E-state index contributed by atoms with van der Waals surface area (Å²) in [7, 11) is 0. The van der Waals surface area contributed by atoms with Crippen LogP contribution in [0, 0.1) is 6.92 Å². The van der Waals surface area contributed by atoms with E-state index in [1.807, 2.05) is 0 Å². The molecule has 0 amide bonds. The number of alkyl halides is 2. The van der Waals surface area contributed by atoms with Gasteiger partial charge in [-0.25, -0.2) is 4.98 Å². The van der Waals surface area contributed by atoms with Crippen LogP contribution in [0.15, 0.2) is 16.7 Å². The van der Waals surface area contributed by atoms with Crippen molar-refractivity contribution in [3.8, 4) is 5.88 Å². The van der Waals surface area contributed by atoms with Crippen molar-refractivity contribution in [2.24, 2.45) is 0 Å². The number of ether oxygens (including phenoxy) is 1. The zero-order valence-corrected chi connectivity index (χ0v) is 7.81. The second kappa shape index (κ2) is 3.80. The van der Waals surface area contributed by atoms with Crippen LogP contribution in [0.5, 0.6) is 5.88 Å². The number of aromatic nitrogens is 1. The fourth-order valence-electron chi connectivity index (χ4n) is 0.698. The van der Waals surface area contributed by atoms with E-state index < -0.39 is 6.61 Å². The molecule has 0 aliphatic rings. The number of pyridine rings is 1. The Balaban J connectivity index is 2.92. The van der Waals surface area contributed by atoms with Gasteiger partial charge in [-0.1, -0.05) is 15.9 Å². The molecule has 1 heterocycles. The first-order valence-corrected chi connectivity index (χ1v) is 3.96. The monoisotopic (exact) mass is 237 g/mol. The van der Waals surface area contributed by atoms with Crippen molar-refractivity contribution >= 4 is 15.9 Å². The average Bonchev–Trinajstić information content (AvgIpc) is 1.98. The van der Waals surface area contributed by atoms with Crippen LogP contribution >= 0.6 is 15.9 Å². The molecule has 1 aromatic heterocycles. The van der Waals surface area contributed by atoms with Gasteiger partial charge < -0.3 is 4.74 Å². The van der Waals surface area contributed by atoms with E-state index in [-0.39, 0.29) is 5.88 Å². The maximum absolute atomic E-state index is 11.8. The Kier molecular flexibility index (Phi) is 2.97. The molecule has 1 aromatic rings. The lowest BCUT2D eigenvalue weighted by Crippen LogP contribution is -2.04. The zero-order valence-electron chi connectivity index (χ0n) is 6.22. The molecule has 12 heavy (non-hydrogen) atoms. The molecule has 0 saturated heterocycles. The Bertz CT molecular complexity index is 280. The van der Waals surface area contributed by atoms with Crippen LogP contribution in [0.4, 0.5) is 8.78 Å². The highest BCUT2D eigenvalue weighted by Gasteiger charge is 2.09. The van der Waals surface area contributed by atoms with Crippen molar-refractivity contribution in [3.05, 3.63) is 22.3 Å². The Hall–Kier alpha value is -0.710. The number of hydrogen-bond acceptors (Lipinski definition) is 2. The standard InChI is InChI=1S/C7H6BrF2NO/c1-4-5(8)2-3-11-6(4)12-7(9)10/h2-3,7H,1H3. The lowest BCUT2D eigenvalue weighted by Gasteiger charge is -2.06. The minimum atomic E-state index is -2.83. The van der Waals surface area contributed by atoms with Crippen LogP contribution in [0.1, 0.15) is 5.56 Å². The third-order valence-corrected chi connectivity index (χ3v) is 2.15. The second-order valence-electron chi connectivity index (χ2n) is 2.10. The maximum Gasteiger partial charge on any atom is 0.388 e. The number of hydrogen-bond donors (Lipinski definition) is 0. The molecule has 1 rings (SSSR count). The highest BCUT2D eigenvalue weighted by Crippen LogP contribution is 2.23. The van der Waals surface area contributed by atoms with E-state index in [0.29, 0.717) is 10.0 Å². The highest BCUT2D eigenvalue weighted by molar-refractivity contribution is 9.10. The predicted octanol–water partition coefficient (Wildman–Crippen LogP) is 2.75. The molecule has 0 spiro atoms. The Labute approximate surface area is 76.7 Å². The zero-order chi connectivity index (χ0) is 9.14. The van der Waals surface area contributed by atoms with Gasteiger partial charge in [-0.2, -0.15) is 8.78 Å². The van der Waals surface area contributed by atoms with Gasteiger partial charge in [0.05, 0.1) is 0 Å². The van der Waals surface area contributed by atoms with E-state index in [1.54, 1.807) is 13.0 Å². The normalized spacial score (nSPS) is 10.4. The molecule has 2 nitrogen and oxygen atoms in total. The van der Waals surface area contributed by atoms with E-state index in [4.69, 9.17) is 0 Å². The van der Waals surface area contributed by atoms with Gasteiger partial charge in [0.1, 0.15) is 0 Å². The summed E-state index contributed by atoms with van der Waals surface area (Å²) in [6.07, 6.45) is 1.40. The molecule has 0 bridgehead atoms. The van der Waals surface area contributed by atoms with Crippen molar-refractivity contribution in [2.45, 2.75) is 13.5 Å². The largest absolute Gasteiger partial charge is 0.417 e. The van der Waals surface area contributed by atoms with E-state index in [9.17, 15) is 8.78 Å². The molecule has 5 heteroatoms. The summed E-state index contributed by atoms with van der Waals surface area (Å²) in [6, 6.07) is 1.66. The van der Waals surface area contributed by atoms with Gasteiger partial charge >= 0.3 is 6.61 Å². The minimum Gasteiger partial charge on any atom is -0.417 e. The molecule has 0 N–H and O–H groups in total. The summed E-state index contributed by atoms with van der Waals surface area (Å²) in [5.74, 6) is -0.0422. The third kappa shape index (κ3) is 2.14. The summed E-state index contributed by atoms with van der Waals surface area (Å²) in [5.41, 5.74) is 0.567. The van der Waals surface area contributed by atoms with Gasteiger partial charge in [0.15, 0.2) is 0 Å². The van der Waals surface area contributed by atoms with Gasteiger partial charge in [0, 0.05) is 16.2 Å². The molecule has 0 atom stereocenters. The summed E-state index contributed by atoms with van der Waals surface area (Å²) in [5, 5.41) is 0. The third-order valence-electron chi connectivity index (χ3n) is 1.29. The fourth-order valence-corrected chi connectivity index (χ4v) is 0.985. The number of rotatable bonds is 2. The summed E-state index contributed by atoms with van der Waals surface area (Å²) >= 11 is 3.17. The predicted molar refractivity (Wildman–Crippen MR) is 43.3 cm³/mol. The molecular formula is C7H6BrF2NO. The van der Waals surface area contributed by atoms with Gasteiger partial charge in [-0.3, -0.25) is 0 Å². The molecule has 0 saturated carbocycles. The van der Waals surface area contributed by atoms with Crippen molar-refractivity contribution < 1.29 is 13.5 Å². The topological polar surface area (TPSA) is 22.1 Å². The van der Waals surface area contributed by atoms with Gasteiger partial charge in [-0.05, 0) is 13.0 Å². The number of halogens is 3. The van der Waals surface area contributed by atoms with Gasteiger partial charge in [0.2, 0.25) is 5.88 Å². The van der Waals surface area contributed by atoms with Crippen molar-refractivity contribution in [3.63, 3.8) is 0 Å². The van der Waals surface area contributed by atoms with Crippen LogP contribution in [0.2, 0.25) is 0 Å². The van der Waals surface area contributed by atoms with Crippen LogP contribution in [0.3, 0.4) is 0 Å². The Morgan fingerprint density at radius 3 is 2.83 bits per heavy atom. The lowest BCUT2D eigenvalue weighted by atomic mass is 10.3. The number of nitrogens with zero attached hydrogens (tertiary/aromatic N) is 1. The molecule has 0 aliphatic heterocycles. The van der Waals surface area contributed by atoms with Gasteiger partial charge in [-0.15, -0.1) is 0 Å². The van der Waals surface area contributed by atoms with E-state index >= 15 is 0 Å². The summed E-state index contributed by atoms with van der Waals surface area (Å²) in [4.78, 5) is 3.65. The fraction of sp³-hybridized carbons (Fsp3) is 0.286. The Morgan fingerprint density at radius 1 is 1.58 bits per heavy atom. The smallest absolute Gasteiger partial charge is 0.388 e. The maximum atomic E-state index is 11.8. The van der Waals surface area contributed by atoms with Crippen LogP contribution in [-0.4, -0.2) is 11.6 Å². The quantitative estimate of drug-likeness (QED) is 0.790. The first-order chi connectivity index (χ1) is 5.61. The van der Waals surface area contributed by atoms with Crippen LogP contribution in [-0.2, 0) is 0 Å². The first-order valence-electron chi connectivity index (χ1n) is 3.17. The Morgan fingerprint density at radius 2 is 2.25 bits per heavy atom. The minimum absolute atomic E-state index is 0.0422. The van der Waals surface area contributed by atoms with E-state index in [2.05, 4.69) is 25.7 Å². The molecule has 0 aromatic carbocycles. The molecule has 0 aliphatic carbocycles. The van der Waals surface area contributed by atoms with Crippen molar-refractivity contribution in [1.82, 2.24) is 4.98 Å². The summed E-state index contributed by atoms with van der Waals surface area (Å²) < 4.78 is 28.4. The van der Waals surface area contributed by atoms with Crippen LogP contribution < -0.4 is 4.74 Å². The van der Waals surface area contributed by atoms with E-state index in [0.717, 1.165) is 0 Å². The lowest BCUT2D eigenvalue weighted by molar-refractivity contribution is -0.0533. The van der Waals surface area contributed by atoms with Crippen molar-refractivity contribution in [2.75, 3.05) is 0 Å².